The average Bonchev–Trinajstić information content (AvgIpc) is 3.17. The van der Waals surface area contributed by atoms with Crippen LogP contribution in [0.25, 0.3) is 0 Å². The molecule has 2 saturated carbocycles. The molecule has 2 N–H and O–H groups in total. The third-order valence-corrected chi connectivity index (χ3v) is 12.2. The maximum Gasteiger partial charge on any atom is 0.411 e. The first-order valence-electron chi connectivity index (χ1n) is 21.2. The lowest BCUT2D eigenvalue weighted by molar-refractivity contribution is 0.0121. The van der Waals surface area contributed by atoms with Gasteiger partial charge >= 0.3 is 12.2 Å². The van der Waals surface area contributed by atoms with Gasteiger partial charge in [-0.2, -0.15) is 20.5 Å². The summed E-state index contributed by atoms with van der Waals surface area (Å²) in [6.07, 6.45) is 6.23. The maximum absolute atomic E-state index is 13.2. The Hall–Kier alpha value is -5.38. The van der Waals surface area contributed by atoms with E-state index in [4.69, 9.17) is 19.7 Å². The average molecular weight is 783 g/mol. The van der Waals surface area contributed by atoms with E-state index in [0.717, 1.165) is 47.9 Å². The number of rotatable bonds is 6. The van der Waals surface area contributed by atoms with Crippen LogP contribution >= 0.6 is 0 Å². The van der Waals surface area contributed by atoms with Gasteiger partial charge in [-0.15, -0.1) is 0 Å². The van der Waals surface area contributed by atoms with Crippen molar-refractivity contribution >= 4 is 46.3 Å². The summed E-state index contributed by atoms with van der Waals surface area (Å²) in [5.74, 6) is 2.67. The molecule has 6 atom stereocenters. The van der Waals surface area contributed by atoms with Crippen LogP contribution in [0.5, 0.6) is 0 Å². The minimum absolute atomic E-state index is 0.0989. The first kappa shape index (κ1) is 40.8. The zero-order chi connectivity index (χ0) is 40.8. The molecule has 4 aromatic carbocycles. The Morgan fingerprint density at radius 2 is 1.00 bits per heavy atom. The molecule has 304 valence electrons. The van der Waals surface area contributed by atoms with Crippen molar-refractivity contribution in [3.8, 4) is 0 Å². The second-order valence-corrected chi connectivity index (χ2v) is 17.6. The normalized spacial score (nSPS) is 23.1. The monoisotopic (exact) mass is 782 g/mol. The molecule has 0 unspecified atom stereocenters. The van der Waals surface area contributed by atoms with Crippen LogP contribution in [0, 0.1) is 35.5 Å². The maximum atomic E-state index is 13.2. The predicted octanol–water partition coefficient (Wildman–Crippen LogP) is 14.0. The molecule has 0 saturated heterocycles. The van der Waals surface area contributed by atoms with E-state index in [1.54, 1.807) is 0 Å². The van der Waals surface area contributed by atoms with E-state index < -0.39 is 12.2 Å². The van der Waals surface area contributed by atoms with Gasteiger partial charge in [0.05, 0.1) is 22.7 Å². The number of nitrogens with one attached hydrogen (secondary N) is 2. The van der Waals surface area contributed by atoms with Crippen LogP contribution in [-0.4, -0.2) is 24.4 Å². The van der Waals surface area contributed by atoms with Gasteiger partial charge in [-0.25, -0.2) is 9.59 Å². The highest BCUT2D eigenvalue weighted by atomic mass is 16.6. The molecule has 58 heavy (non-hydrogen) atoms. The van der Waals surface area contributed by atoms with Gasteiger partial charge in [-0.05, 0) is 157 Å². The van der Waals surface area contributed by atoms with Gasteiger partial charge in [0, 0.05) is 11.4 Å². The molecule has 3 aliphatic rings. The van der Waals surface area contributed by atoms with E-state index in [9.17, 15) is 9.59 Å². The van der Waals surface area contributed by atoms with Gasteiger partial charge in [0.2, 0.25) is 0 Å². The van der Waals surface area contributed by atoms with Gasteiger partial charge in [0.15, 0.2) is 0 Å². The van der Waals surface area contributed by atoms with Crippen molar-refractivity contribution in [2.75, 3.05) is 10.6 Å². The van der Waals surface area contributed by atoms with Crippen LogP contribution in [-0.2, 0) is 22.3 Å². The standard InChI is InChI=1S/C48H58N6O4/c1-29(2)41-17-13-31(5)21-45(41)57-47(55)49-37-15-19-43-35(27-37)23-33-9-7-11-39(25-33)52-54-44-20-16-38(28-36(44)24-34-10-8-12-40(26-34)51-53-43)50-48(56)58-46-22-32(6)14-18-42(46)30(3)4/h7-12,15-16,19-20,25-32,41-42,45-46H,13-14,17-18,21-24H2,1-6H3,(H,49,55)(H,50,56)/t31-,32-,41+,42+,45-,46-/m1/s1. The van der Waals surface area contributed by atoms with Crippen LogP contribution in [0.15, 0.2) is 105 Å². The number of carbonyl (C=O) groups excluding carboxylic acids is 2. The summed E-state index contributed by atoms with van der Waals surface area (Å²) in [4.78, 5) is 26.5. The minimum atomic E-state index is -0.434. The highest BCUT2D eigenvalue weighted by Gasteiger charge is 2.34. The fraction of sp³-hybridized carbons (Fsp3) is 0.458. The fourth-order valence-electron chi connectivity index (χ4n) is 9.00. The Morgan fingerprint density at radius 3 is 1.41 bits per heavy atom. The predicted molar refractivity (Wildman–Crippen MR) is 230 cm³/mol. The summed E-state index contributed by atoms with van der Waals surface area (Å²) in [5, 5.41) is 24.8. The van der Waals surface area contributed by atoms with Crippen molar-refractivity contribution in [3.63, 3.8) is 0 Å². The SMILES string of the molecule is CC(C)[C@@H]1CC[C@@H](C)C[C@H]1OC(=O)Nc1ccc2c(c1)Cc1cccc(c1)N=Nc1ccc(NC(=O)O[C@@H]3C[C@H](C)CC[C@H]3C(C)C)cc1Cc1cccc(c1)N=N2. The van der Waals surface area contributed by atoms with Gasteiger partial charge < -0.3 is 9.47 Å². The van der Waals surface area contributed by atoms with E-state index in [0.29, 0.717) is 82.5 Å². The largest absolute Gasteiger partial charge is 0.446 e. The Bertz CT molecular complexity index is 2000. The number of ether oxygens (including phenoxy) is 2. The molecule has 1 aliphatic heterocycles. The van der Waals surface area contributed by atoms with E-state index >= 15 is 0 Å². The first-order chi connectivity index (χ1) is 27.9. The summed E-state index contributed by atoms with van der Waals surface area (Å²) in [7, 11) is 0. The molecule has 2 amide bonds. The molecule has 2 fully saturated rings. The zero-order valence-electron chi connectivity index (χ0n) is 34.8. The molecule has 10 heteroatoms. The van der Waals surface area contributed by atoms with E-state index in [1.807, 2.05) is 84.9 Å². The van der Waals surface area contributed by atoms with Crippen LogP contribution in [0.2, 0.25) is 0 Å². The topological polar surface area (TPSA) is 126 Å². The van der Waals surface area contributed by atoms with Crippen LogP contribution in [0.3, 0.4) is 0 Å². The van der Waals surface area contributed by atoms with Crippen molar-refractivity contribution in [3.05, 3.63) is 107 Å². The van der Waals surface area contributed by atoms with Crippen molar-refractivity contribution in [2.45, 2.75) is 105 Å². The molecule has 4 bridgehead atoms. The quantitative estimate of drug-likeness (QED) is 0.178. The number of amides is 2. The molecule has 0 spiro atoms. The van der Waals surface area contributed by atoms with Gasteiger partial charge in [-0.3, -0.25) is 10.6 Å². The second-order valence-electron chi connectivity index (χ2n) is 17.6. The van der Waals surface area contributed by atoms with Crippen molar-refractivity contribution in [2.24, 2.45) is 56.0 Å². The van der Waals surface area contributed by atoms with E-state index in [2.05, 4.69) is 62.4 Å². The number of hydrogen-bond donors (Lipinski definition) is 2. The van der Waals surface area contributed by atoms with Gasteiger partial charge in [0.25, 0.3) is 0 Å². The summed E-state index contributed by atoms with van der Waals surface area (Å²) in [6, 6.07) is 27.2. The third-order valence-electron chi connectivity index (χ3n) is 12.2. The van der Waals surface area contributed by atoms with Crippen LogP contribution in [0.1, 0.15) is 102 Å². The molecular weight excluding hydrogens is 725 g/mol. The number of carbonyl (C=O) groups is 2. The molecule has 0 aromatic heterocycles. The number of hydrogen-bond acceptors (Lipinski definition) is 8. The van der Waals surface area contributed by atoms with Crippen molar-refractivity contribution < 1.29 is 19.1 Å². The van der Waals surface area contributed by atoms with E-state index in [1.165, 1.54) is 12.8 Å². The van der Waals surface area contributed by atoms with E-state index in [-0.39, 0.29) is 12.2 Å². The third kappa shape index (κ3) is 10.6. The highest BCUT2D eigenvalue weighted by molar-refractivity contribution is 5.86. The van der Waals surface area contributed by atoms with Gasteiger partial charge in [0.1, 0.15) is 12.2 Å². The number of fused-ring (bicyclic) bond motifs is 6. The van der Waals surface area contributed by atoms with Gasteiger partial charge in [-0.1, -0.05) is 78.6 Å². The lowest BCUT2D eigenvalue weighted by Crippen LogP contribution is -2.36. The van der Waals surface area contributed by atoms with Crippen LogP contribution in [0.4, 0.5) is 43.7 Å². The Kier molecular flexibility index (Phi) is 13.0. The second kappa shape index (κ2) is 18.5. The number of benzene rings is 4. The summed E-state index contributed by atoms with van der Waals surface area (Å²) >= 11 is 0. The lowest BCUT2D eigenvalue weighted by atomic mass is 9.75. The number of anilines is 2. The van der Waals surface area contributed by atoms with Crippen LogP contribution < -0.4 is 10.6 Å². The molecule has 7 rings (SSSR count). The van der Waals surface area contributed by atoms with Crippen molar-refractivity contribution in [1.82, 2.24) is 0 Å². The fourth-order valence-corrected chi connectivity index (χ4v) is 9.00. The van der Waals surface area contributed by atoms with Crippen molar-refractivity contribution in [1.29, 1.82) is 0 Å². The summed E-state index contributed by atoms with van der Waals surface area (Å²) in [6.45, 7) is 13.3. The highest BCUT2D eigenvalue weighted by Crippen LogP contribution is 2.38. The number of azo groups is 2. The summed E-state index contributed by atoms with van der Waals surface area (Å²) in [5.41, 5.74) is 7.86. The molecule has 10 nitrogen and oxygen atoms in total. The molecule has 2 aliphatic carbocycles. The molecule has 4 aromatic rings. The molecule has 1 heterocycles. The molecule has 0 radical (unpaired) electrons. The number of nitrogens with zero attached hydrogens (tertiary/aromatic N) is 4. The Labute approximate surface area is 343 Å². The zero-order valence-corrected chi connectivity index (χ0v) is 34.8. The Balaban J connectivity index is 1.13. The minimum Gasteiger partial charge on any atom is -0.446 e. The Morgan fingerprint density at radius 1 is 0.569 bits per heavy atom. The summed E-state index contributed by atoms with van der Waals surface area (Å²) < 4.78 is 12.1. The first-order valence-corrected chi connectivity index (χ1v) is 21.2. The lowest BCUT2D eigenvalue weighted by Gasteiger charge is -2.36. The smallest absolute Gasteiger partial charge is 0.411 e. The molecular formula is C48H58N6O4.